The summed E-state index contributed by atoms with van der Waals surface area (Å²) in [7, 11) is -1.20. The van der Waals surface area contributed by atoms with E-state index in [4.69, 9.17) is 0 Å². The third kappa shape index (κ3) is 9.45. The van der Waals surface area contributed by atoms with Crippen LogP contribution in [-0.2, 0) is 4.79 Å². The van der Waals surface area contributed by atoms with Crippen LogP contribution in [0.3, 0.4) is 0 Å². The fraction of sp³-hybridized carbons (Fsp3) is 0.667. The molecule has 0 spiro atoms. The van der Waals surface area contributed by atoms with E-state index in [0.717, 1.165) is 6.42 Å². The molecule has 0 aliphatic heterocycles. The average Bonchev–Trinajstić information content (AvgIpc) is 1.78. The van der Waals surface area contributed by atoms with Crippen LogP contribution in [0.1, 0.15) is 19.8 Å². The monoisotopic (exact) mass is 168 g/mol. The molecular formula is C9H16OSi. The molecule has 11 heavy (non-hydrogen) atoms. The molecule has 0 N–H and O–H groups in total. The van der Waals surface area contributed by atoms with Gasteiger partial charge in [-0.2, -0.15) is 0 Å². The van der Waals surface area contributed by atoms with Gasteiger partial charge >= 0.3 is 0 Å². The molecule has 0 bridgehead atoms. The van der Waals surface area contributed by atoms with Gasteiger partial charge in [0.05, 0.1) is 0 Å². The topological polar surface area (TPSA) is 17.1 Å². The van der Waals surface area contributed by atoms with Crippen molar-refractivity contribution in [3.8, 4) is 11.5 Å². The van der Waals surface area contributed by atoms with Crippen molar-refractivity contribution in [3.63, 3.8) is 0 Å². The van der Waals surface area contributed by atoms with Gasteiger partial charge in [-0.3, -0.25) is 4.79 Å². The summed E-state index contributed by atoms with van der Waals surface area (Å²) < 4.78 is 0. The van der Waals surface area contributed by atoms with E-state index in [-0.39, 0.29) is 5.78 Å². The van der Waals surface area contributed by atoms with Crippen LogP contribution >= 0.6 is 0 Å². The second-order valence-electron chi connectivity index (χ2n) is 3.75. The van der Waals surface area contributed by atoms with Gasteiger partial charge in [-0.05, 0) is 6.92 Å². The summed E-state index contributed by atoms with van der Waals surface area (Å²) >= 11 is 0. The van der Waals surface area contributed by atoms with E-state index < -0.39 is 8.07 Å². The minimum absolute atomic E-state index is 0.231. The highest BCUT2D eigenvalue weighted by Crippen LogP contribution is 1.97. The molecule has 0 amide bonds. The zero-order chi connectivity index (χ0) is 8.91. The Morgan fingerprint density at radius 2 is 1.91 bits per heavy atom. The van der Waals surface area contributed by atoms with Crippen LogP contribution < -0.4 is 0 Å². The van der Waals surface area contributed by atoms with Crippen molar-refractivity contribution >= 4 is 13.9 Å². The van der Waals surface area contributed by atoms with Gasteiger partial charge in [-0.15, -0.1) is 11.5 Å². The van der Waals surface area contributed by atoms with Gasteiger partial charge in [0, 0.05) is 12.8 Å². The lowest BCUT2D eigenvalue weighted by Crippen LogP contribution is -2.16. The fourth-order valence-corrected chi connectivity index (χ4v) is 1.22. The molecule has 0 rings (SSSR count). The Balaban J connectivity index is 3.66. The van der Waals surface area contributed by atoms with Gasteiger partial charge in [0.15, 0.2) is 0 Å². The van der Waals surface area contributed by atoms with E-state index in [2.05, 4.69) is 31.1 Å². The maximum atomic E-state index is 10.5. The zero-order valence-corrected chi connectivity index (χ0v) is 8.82. The van der Waals surface area contributed by atoms with Crippen LogP contribution in [0.2, 0.25) is 19.6 Å². The second-order valence-corrected chi connectivity index (χ2v) is 8.50. The highest BCUT2D eigenvalue weighted by atomic mass is 28.3. The smallest absolute Gasteiger partial charge is 0.130 e. The van der Waals surface area contributed by atoms with Crippen molar-refractivity contribution < 1.29 is 4.79 Å². The van der Waals surface area contributed by atoms with Crippen LogP contribution in [0.5, 0.6) is 0 Å². The number of ketones is 1. The highest BCUT2D eigenvalue weighted by molar-refractivity contribution is 6.83. The third-order valence-corrected chi connectivity index (χ3v) is 1.99. The largest absolute Gasteiger partial charge is 0.300 e. The lowest BCUT2D eigenvalue weighted by Gasteiger charge is -2.02. The van der Waals surface area contributed by atoms with Gasteiger partial charge in [0.1, 0.15) is 13.9 Å². The molecular weight excluding hydrogens is 152 g/mol. The quantitative estimate of drug-likeness (QED) is 0.456. The summed E-state index contributed by atoms with van der Waals surface area (Å²) in [5.74, 6) is 3.28. The van der Waals surface area contributed by atoms with Gasteiger partial charge in [-0.1, -0.05) is 19.6 Å². The number of hydrogen-bond donors (Lipinski definition) is 0. The molecule has 0 aliphatic carbocycles. The molecule has 0 fully saturated rings. The Labute approximate surface area is 70.2 Å². The Morgan fingerprint density at radius 1 is 1.36 bits per heavy atom. The van der Waals surface area contributed by atoms with Crippen LogP contribution in [0, 0.1) is 11.5 Å². The molecule has 0 aromatic heterocycles. The van der Waals surface area contributed by atoms with Gasteiger partial charge in [-0.25, -0.2) is 0 Å². The Kier molecular flexibility index (Phi) is 4.13. The summed E-state index contributed by atoms with van der Waals surface area (Å²) in [4.78, 5) is 10.5. The van der Waals surface area contributed by atoms with Crippen LogP contribution in [-0.4, -0.2) is 13.9 Å². The van der Waals surface area contributed by atoms with Crippen molar-refractivity contribution in [3.05, 3.63) is 0 Å². The summed E-state index contributed by atoms with van der Waals surface area (Å²) in [6.07, 6.45) is 1.34. The van der Waals surface area contributed by atoms with Gasteiger partial charge in [0.25, 0.3) is 0 Å². The second kappa shape index (κ2) is 4.35. The van der Waals surface area contributed by atoms with E-state index in [1.165, 1.54) is 0 Å². The number of carbonyl (C=O) groups is 1. The lowest BCUT2D eigenvalue weighted by atomic mass is 10.2. The highest BCUT2D eigenvalue weighted by Gasteiger charge is 2.06. The standard InChI is InChI=1S/C9H16OSi/c1-9(10)7-5-6-8-11(2,3)4/h5,7H2,1-4H3. The minimum atomic E-state index is -1.20. The minimum Gasteiger partial charge on any atom is -0.300 e. The summed E-state index contributed by atoms with van der Waals surface area (Å²) in [6.45, 7) is 8.21. The molecule has 1 nitrogen and oxygen atoms in total. The first-order chi connectivity index (χ1) is 4.92. The van der Waals surface area contributed by atoms with Crippen LogP contribution in [0.4, 0.5) is 0 Å². The predicted molar refractivity (Wildman–Crippen MR) is 51.0 cm³/mol. The lowest BCUT2D eigenvalue weighted by molar-refractivity contribution is -0.116. The number of Topliss-reactive ketones (excluding diaryl/α,β-unsaturated/α-hetero) is 1. The summed E-state index contributed by atoms with van der Waals surface area (Å²) in [5, 5.41) is 0. The molecule has 0 aromatic rings. The molecule has 0 aromatic carbocycles. The van der Waals surface area contributed by atoms with E-state index in [1.54, 1.807) is 6.92 Å². The molecule has 0 saturated carbocycles. The maximum absolute atomic E-state index is 10.5. The van der Waals surface area contributed by atoms with Crippen LogP contribution in [0.15, 0.2) is 0 Å². The Hall–Kier alpha value is -0.553. The third-order valence-electron chi connectivity index (χ3n) is 1.07. The van der Waals surface area contributed by atoms with Crippen molar-refractivity contribution in [1.82, 2.24) is 0 Å². The molecule has 0 saturated heterocycles. The first kappa shape index (κ1) is 10.4. The molecule has 0 aliphatic rings. The molecule has 0 heterocycles. The SMILES string of the molecule is CC(=O)CCC#C[Si](C)(C)C. The number of carbonyl (C=O) groups excluding carboxylic acids is 1. The van der Waals surface area contributed by atoms with Crippen molar-refractivity contribution in [1.29, 1.82) is 0 Å². The van der Waals surface area contributed by atoms with Crippen molar-refractivity contribution in [2.45, 2.75) is 39.4 Å². The summed E-state index contributed by atoms with van der Waals surface area (Å²) in [5.41, 5.74) is 3.21. The average molecular weight is 168 g/mol. The normalized spacial score (nSPS) is 10.2. The molecule has 0 unspecified atom stereocenters. The zero-order valence-electron chi connectivity index (χ0n) is 7.82. The van der Waals surface area contributed by atoms with E-state index in [0.29, 0.717) is 6.42 Å². The first-order valence-electron chi connectivity index (χ1n) is 3.91. The van der Waals surface area contributed by atoms with Crippen LogP contribution in [0.25, 0.3) is 0 Å². The molecule has 0 radical (unpaired) electrons. The van der Waals surface area contributed by atoms with E-state index >= 15 is 0 Å². The first-order valence-corrected chi connectivity index (χ1v) is 7.41. The molecule has 2 heteroatoms. The van der Waals surface area contributed by atoms with E-state index in [9.17, 15) is 4.79 Å². The molecule has 62 valence electrons. The van der Waals surface area contributed by atoms with E-state index in [1.807, 2.05) is 0 Å². The number of hydrogen-bond acceptors (Lipinski definition) is 1. The summed E-state index contributed by atoms with van der Waals surface area (Å²) in [6, 6.07) is 0. The predicted octanol–water partition coefficient (Wildman–Crippen LogP) is 2.24. The molecule has 0 atom stereocenters. The van der Waals surface area contributed by atoms with Gasteiger partial charge in [0.2, 0.25) is 0 Å². The van der Waals surface area contributed by atoms with Crippen molar-refractivity contribution in [2.24, 2.45) is 0 Å². The fourth-order valence-electron chi connectivity index (χ4n) is 0.566. The number of rotatable bonds is 2. The van der Waals surface area contributed by atoms with Crippen molar-refractivity contribution in [2.75, 3.05) is 0 Å². The maximum Gasteiger partial charge on any atom is 0.130 e. The van der Waals surface area contributed by atoms with Gasteiger partial charge < -0.3 is 0 Å². The Bertz CT molecular complexity index is 190. The Morgan fingerprint density at radius 3 is 2.27 bits per heavy atom.